The molecule has 0 heterocycles. The molecule has 4 atom stereocenters. The van der Waals surface area contributed by atoms with E-state index in [1.54, 1.807) is 6.92 Å². The predicted molar refractivity (Wildman–Crippen MR) is 46.6 cm³/mol. The van der Waals surface area contributed by atoms with Crippen molar-refractivity contribution in [2.45, 2.75) is 31.6 Å². The Morgan fingerprint density at radius 2 is 1.85 bits per heavy atom. The molecule has 0 aromatic rings. The third-order valence-electron chi connectivity index (χ3n) is 1.59. The van der Waals surface area contributed by atoms with Crippen molar-refractivity contribution in [3.63, 3.8) is 0 Å². The number of nitrogens with two attached hydrogens (primary N) is 2. The van der Waals surface area contributed by atoms with Crippen molar-refractivity contribution in [1.82, 2.24) is 0 Å². The number of hydrogen-bond donors (Lipinski definition) is 4. The lowest BCUT2D eigenvalue weighted by atomic mass is 10.2. The zero-order valence-electron chi connectivity index (χ0n) is 7.88. The highest BCUT2D eigenvalue weighted by Gasteiger charge is 2.20. The average molecular weight is 194 g/mol. The van der Waals surface area contributed by atoms with E-state index < -0.39 is 24.7 Å². The Morgan fingerprint density at radius 1 is 1.31 bits per heavy atom. The molecule has 0 aromatic carbocycles. The lowest BCUT2D eigenvalue weighted by molar-refractivity contribution is -0.117. The van der Waals surface area contributed by atoms with Gasteiger partial charge in [-0.2, -0.15) is 0 Å². The highest BCUT2D eigenvalue weighted by atomic mass is 16.5. The number of aliphatic hydroxyl groups is 2. The number of rotatable bonds is 6. The Bertz CT molecular complexity index is 134. The van der Waals surface area contributed by atoms with Gasteiger partial charge in [0.15, 0.2) is 0 Å². The standard InChI is InChI=1S/C7H18N2O4/c1-4(5(10)3-12-2)13-7(9)6(8)11/h4-7,10-11H,3,8-9H2,1-2H3/t4-,5+,6-,7+/m0/s1. The lowest BCUT2D eigenvalue weighted by Crippen LogP contribution is -2.47. The summed E-state index contributed by atoms with van der Waals surface area (Å²) in [6, 6.07) is 0. The van der Waals surface area contributed by atoms with E-state index in [1.807, 2.05) is 0 Å². The lowest BCUT2D eigenvalue weighted by Gasteiger charge is -2.24. The van der Waals surface area contributed by atoms with Crippen molar-refractivity contribution in [3.05, 3.63) is 0 Å². The molecule has 80 valence electrons. The fourth-order valence-electron chi connectivity index (χ4n) is 0.725. The van der Waals surface area contributed by atoms with Crippen LogP contribution in [0.15, 0.2) is 0 Å². The molecule has 0 aliphatic carbocycles. The molecule has 0 spiro atoms. The summed E-state index contributed by atoms with van der Waals surface area (Å²) in [7, 11) is 1.47. The molecule has 0 radical (unpaired) electrons. The van der Waals surface area contributed by atoms with Crippen LogP contribution in [0, 0.1) is 0 Å². The third-order valence-corrected chi connectivity index (χ3v) is 1.59. The smallest absolute Gasteiger partial charge is 0.145 e. The van der Waals surface area contributed by atoms with Crippen LogP contribution >= 0.6 is 0 Å². The first kappa shape index (κ1) is 12.8. The minimum absolute atomic E-state index is 0.147. The number of methoxy groups -OCH3 is 1. The van der Waals surface area contributed by atoms with Crippen molar-refractivity contribution in [1.29, 1.82) is 0 Å². The van der Waals surface area contributed by atoms with Crippen molar-refractivity contribution in [2.75, 3.05) is 13.7 Å². The summed E-state index contributed by atoms with van der Waals surface area (Å²) in [5.74, 6) is 0. The van der Waals surface area contributed by atoms with E-state index in [4.69, 9.17) is 26.0 Å². The Hall–Kier alpha value is -0.240. The molecule has 0 rings (SSSR count). The van der Waals surface area contributed by atoms with Gasteiger partial charge in [-0.1, -0.05) is 0 Å². The van der Waals surface area contributed by atoms with Gasteiger partial charge in [0.2, 0.25) is 0 Å². The Labute approximate surface area is 77.4 Å². The van der Waals surface area contributed by atoms with E-state index in [0.29, 0.717) is 0 Å². The predicted octanol–water partition coefficient (Wildman–Crippen LogP) is -2.04. The van der Waals surface area contributed by atoms with Crippen LogP contribution in [-0.4, -0.2) is 48.6 Å². The molecule has 0 amide bonds. The number of hydrogen-bond acceptors (Lipinski definition) is 6. The molecule has 6 nitrogen and oxygen atoms in total. The van der Waals surface area contributed by atoms with Gasteiger partial charge in [0.05, 0.1) is 12.7 Å². The first-order chi connectivity index (χ1) is 5.99. The maximum absolute atomic E-state index is 9.32. The van der Waals surface area contributed by atoms with Crippen molar-refractivity contribution >= 4 is 0 Å². The van der Waals surface area contributed by atoms with E-state index in [-0.39, 0.29) is 6.61 Å². The molecule has 0 aliphatic heterocycles. The molecule has 6 heteroatoms. The topological polar surface area (TPSA) is 111 Å². The number of ether oxygens (including phenoxy) is 2. The molecule has 0 saturated carbocycles. The molecule has 0 aliphatic rings. The van der Waals surface area contributed by atoms with Crippen LogP contribution in [0.1, 0.15) is 6.92 Å². The van der Waals surface area contributed by atoms with Gasteiger partial charge in [0.1, 0.15) is 18.6 Å². The first-order valence-corrected chi connectivity index (χ1v) is 4.00. The van der Waals surface area contributed by atoms with Crippen LogP contribution in [0.3, 0.4) is 0 Å². The molecule has 13 heavy (non-hydrogen) atoms. The second kappa shape index (κ2) is 6.25. The van der Waals surface area contributed by atoms with Gasteiger partial charge >= 0.3 is 0 Å². The average Bonchev–Trinajstić information content (AvgIpc) is 2.04. The van der Waals surface area contributed by atoms with Gasteiger partial charge in [-0.05, 0) is 6.92 Å². The summed E-state index contributed by atoms with van der Waals surface area (Å²) in [5, 5.41) is 18.1. The Morgan fingerprint density at radius 3 is 2.23 bits per heavy atom. The van der Waals surface area contributed by atoms with Crippen LogP contribution in [0.5, 0.6) is 0 Å². The Balaban J connectivity index is 3.77. The third kappa shape index (κ3) is 5.14. The second-order valence-electron chi connectivity index (χ2n) is 2.82. The van der Waals surface area contributed by atoms with E-state index >= 15 is 0 Å². The summed E-state index contributed by atoms with van der Waals surface area (Å²) in [4.78, 5) is 0. The molecule has 0 unspecified atom stereocenters. The van der Waals surface area contributed by atoms with Gasteiger partial charge in [0.25, 0.3) is 0 Å². The molecular formula is C7H18N2O4. The van der Waals surface area contributed by atoms with Crippen LogP contribution < -0.4 is 11.5 Å². The maximum atomic E-state index is 9.32. The van der Waals surface area contributed by atoms with E-state index in [0.717, 1.165) is 0 Å². The zero-order valence-corrected chi connectivity index (χ0v) is 7.88. The fraction of sp³-hybridized carbons (Fsp3) is 1.00. The largest absolute Gasteiger partial charge is 0.388 e. The maximum Gasteiger partial charge on any atom is 0.145 e. The monoisotopic (exact) mass is 194 g/mol. The molecule has 6 N–H and O–H groups in total. The highest BCUT2D eigenvalue weighted by Crippen LogP contribution is 2.01. The first-order valence-electron chi connectivity index (χ1n) is 4.00. The van der Waals surface area contributed by atoms with Gasteiger partial charge in [0, 0.05) is 7.11 Å². The van der Waals surface area contributed by atoms with E-state index in [2.05, 4.69) is 0 Å². The molecular weight excluding hydrogens is 176 g/mol. The quantitative estimate of drug-likeness (QED) is 0.363. The summed E-state index contributed by atoms with van der Waals surface area (Å²) < 4.78 is 9.70. The molecule has 0 fully saturated rings. The van der Waals surface area contributed by atoms with Crippen molar-refractivity contribution < 1.29 is 19.7 Å². The summed E-state index contributed by atoms with van der Waals surface area (Å²) >= 11 is 0. The van der Waals surface area contributed by atoms with Crippen LogP contribution in [0.25, 0.3) is 0 Å². The minimum Gasteiger partial charge on any atom is -0.388 e. The summed E-state index contributed by atoms with van der Waals surface area (Å²) in [6.45, 7) is 1.76. The van der Waals surface area contributed by atoms with Crippen LogP contribution in [0.4, 0.5) is 0 Å². The summed E-state index contributed by atoms with van der Waals surface area (Å²) in [5.41, 5.74) is 10.4. The van der Waals surface area contributed by atoms with Crippen LogP contribution in [-0.2, 0) is 9.47 Å². The van der Waals surface area contributed by atoms with Gasteiger partial charge in [-0.15, -0.1) is 0 Å². The van der Waals surface area contributed by atoms with Gasteiger partial charge < -0.3 is 31.2 Å². The van der Waals surface area contributed by atoms with Crippen LogP contribution in [0.2, 0.25) is 0 Å². The highest BCUT2D eigenvalue weighted by molar-refractivity contribution is 4.66. The normalized spacial score (nSPS) is 20.8. The molecule has 0 saturated heterocycles. The summed E-state index contributed by atoms with van der Waals surface area (Å²) in [6.07, 6.45) is -3.57. The van der Waals surface area contributed by atoms with E-state index in [9.17, 15) is 5.11 Å². The Kier molecular flexibility index (Phi) is 6.13. The van der Waals surface area contributed by atoms with Gasteiger partial charge in [-0.25, -0.2) is 0 Å². The van der Waals surface area contributed by atoms with Crippen molar-refractivity contribution in [2.24, 2.45) is 11.5 Å². The minimum atomic E-state index is -1.25. The second-order valence-corrected chi connectivity index (χ2v) is 2.82. The van der Waals surface area contributed by atoms with Gasteiger partial charge in [-0.3, -0.25) is 0 Å². The zero-order chi connectivity index (χ0) is 10.4. The van der Waals surface area contributed by atoms with Crippen molar-refractivity contribution in [3.8, 4) is 0 Å². The fourth-order valence-corrected chi connectivity index (χ4v) is 0.725. The molecule has 0 aromatic heterocycles. The molecule has 0 bridgehead atoms. The number of aliphatic hydroxyl groups excluding tert-OH is 2. The van der Waals surface area contributed by atoms with E-state index in [1.165, 1.54) is 7.11 Å². The SMILES string of the molecule is COC[C@@H](O)[C@H](C)O[C@@H](N)[C@@H](N)O.